The molecule has 0 saturated heterocycles. The van der Waals surface area contributed by atoms with Crippen LogP contribution in [-0.4, -0.2) is 10.2 Å². The lowest BCUT2D eigenvalue weighted by molar-refractivity contribution is 0.420. The van der Waals surface area contributed by atoms with Crippen LogP contribution in [0.3, 0.4) is 0 Å². The molecular formula is C30H48N2O2. The molecule has 0 amide bonds. The highest BCUT2D eigenvalue weighted by Gasteiger charge is 2.27. The SMILES string of the molecule is CC(C)(C)c1cc(CNNCc2cc(C(C)(C)C)c(O)c(C(C)(C)C)c2)cc(C(C)(C)C)c1O. The standard InChI is InChI=1S/C30H48N2O2/c1-27(2,3)21-13-19(14-22(25(21)33)28(4,5)6)17-31-32-18-20-15-23(29(7,8)9)26(34)24(16-20)30(10,11)12/h13-16,31-34H,17-18H2,1-12H3. The van der Waals surface area contributed by atoms with Gasteiger partial charge in [0.1, 0.15) is 11.5 Å². The molecular weight excluding hydrogens is 420 g/mol. The molecule has 0 atom stereocenters. The minimum absolute atomic E-state index is 0.147. The van der Waals surface area contributed by atoms with Crippen LogP contribution in [0.5, 0.6) is 11.5 Å². The fourth-order valence-electron chi connectivity index (χ4n) is 4.21. The van der Waals surface area contributed by atoms with Crippen molar-refractivity contribution in [3.05, 3.63) is 57.6 Å². The highest BCUT2D eigenvalue weighted by atomic mass is 16.3. The number of rotatable bonds is 5. The van der Waals surface area contributed by atoms with E-state index in [1.54, 1.807) is 0 Å². The maximum atomic E-state index is 11.0. The summed E-state index contributed by atoms with van der Waals surface area (Å²) in [6.45, 7) is 26.9. The zero-order chi connectivity index (χ0) is 26.3. The molecule has 0 aliphatic rings. The van der Waals surface area contributed by atoms with E-state index in [1.165, 1.54) is 0 Å². The van der Waals surface area contributed by atoms with E-state index in [-0.39, 0.29) is 21.7 Å². The van der Waals surface area contributed by atoms with E-state index in [0.29, 0.717) is 24.6 Å². The molecule has 0 aromatic heterocycles. The van der Waals surface area contributed by atoms with E-state index < -0.39 is 0 Å². The highest BCUT2D eigenvalue weighted by molar-refractivity contribution is 5.51. The third kappa shape index (κ3) is 6.76. The largest absolute Gasteiger partial charge is 0.507 e. The van der Waals surface area contributed by atoms with Crippen LogP contribution in [0.15, 0.2) is 24.3 Å². The fourth-order valence-corrected chi connectivity index (χ4v) is 4.21. The minimum atomic E-state index is -0.147. The van der Waals surface area contributed by atoms with E-state index in [2.05, 4.69) is 118 Å². The van der Waals surface area contributed by atoms with Gasteiger partial charge in [0.2, 0.25) is 0 Å². The lowest BCUT2D eigenvalue weighted by atomic mass is 9.78. The molecule has 4 nitrogen and oxygen atoms in total. The monoisotopic (exact) mass is 468 g/mol. The maximum Gasteiger partial charge on any atom is 0.123 e. The molecule has 0 radical (unpaired) electrons. The Bertz CT molecular complexity index is 857. The van der Waals surface area contributed by atoms with Crippen LogP contribution < -0.4 is 10.9 Å². The first kappa shape index (κ1) is 28.2. The van der Waals surface area contributed by atoms with Gasteiger partial charge in [-0.3, -0.25) is 10.9 Å². The van der Waals surface area contributed by atoms with Crippen LogP contribution in [0, 0.1) is 0 Å². The Morgan fingerprint density at radius 2 is 0.676 bits per heavy atom. The van der Waals surface area contributed by atoms with E-state index in [0.717, 1.165) is 33.4 Å². The Kier molecular flexibility index (Phi) is 7.92. The summed E-state index contributed by atoms with van der Waals surface area (Å²) in [5.74, 6) is 0.815. The molecule has 2 aromatic carbocycles. The zero-order valence-corrected chi connectivity index (χ0v) is 23.6. The van der Waals surface area contributed by atoms with Crippen molar-refractivity contribution in [3.63, 3.8) is 0 Å². The third-order valence-electron chi connectivity index (χ3n) is 6.28. The number of hydrazine groups is 1. The second-order valence-corrected chi connectivity index (χ2v) is 13.8. The highest BCUT2D eigenvalue weighted by Crippen LogP contribution is 2.41. The average molecular weight is 469 g/mol. The molecule has 2 rings (SSSR count). The molecule has 4 heteroatoms. The number of nitrogens with one attached hydrogen (secondary N) is 2. The van der Waals surface area contributed by atoms with Crippen molar-refractivity contribution < 1.29 is 10.2 Å². The normalized spacial score (nSPS) is 13.4. The van der Waals surface area contributed by atoms with E-state index in [9.17, 15) is 10.2 Å². The summed E-state index contributed by atoms with van der Waals surface area (Å²) in [6.07, 6.45) is 0. The number of benzene rings is 2. The van der Waals surface area contributed by atoms with Crippen LogP contribution in [0.1, 0.15) is 116 Å². The van der Waals surface area contributed by atoms with Crippen molar-refractivity contribution >= 4 is 0 Å². The molecule has 2 aromatic rings. The quantitative estimate of drug-likeness (QED) is 0.280. The summed E-state index contributed by atoms with van der Waals surface area (Å²) >= 11 is 0. The first-order chi connectivity index (χ1) is 15.2. The lowest BCUT2D eigenvalue weighted by Gasteiger charge is -2.29. The summed E-state index contributed by atoms with van der Waals surface area (Å²) in [7, 11) is 0. The lowest BCUT2D eigenvalue weighted by Crippen LogP contribution is -2.31. The summed E-state index contributed by atoms with van der Waals surface area (Å²) < 4.78 is 0. The van der Waals surface area contributed by atoms with Crippen molar-refractivity contribution in [2.24, 2.45) is 0 Å². The molecule has 4 N–H and O–H groups in total. The van der Waals surface area contributed by atoms with Crippen LogP contribution in [0.25, 0.3) is 0 Å². The van der Waals surface area contributed by atoms with Gasteiger partial charge in [-0.05, 0) is 55.0 Å². The second-order valence-electron chi connectivity index (χ2n) is 13.8. The van der Waals surface area contributed by atoms with Gasteiger partial charge < -0.3 is 10.2 Å². The van der Waals surface area contributed by atoms with E-state index >= 15 is 0 Å². The smallest absolute Gasteiger partial charge is 0.123 e. The Hall–Kier alpha value is -2.04. The van der Waals surface area contributed by atoms with Crippen molar-refractivity contribution in [3.8, 4) is 11.5 Å². The zero-order valence-electron chi connectivity index (χ0n) is 23.6. The average Bonchev–Trinajstić information content (AvgIpc) is 2.63. The Morgan fingerprint density at radius 3 is 0.853 bits per heavy atom. The fraction of sp³-hybridized carbons (Fsp3) is 0.600. The summed E-state index contributed by atoms with van der Waals surface area (Å²) in [4.78, 5) is 0. The predicted molar refractivity (Wildman–Crippen MR) is 145 cm³/mol. The van der Waals surface area contributed by atoms with Crippen LogP contribution >= 0.6 is 0 Å². The van der Waals surface area contributed by atoms with Gasteiger partial charge in [0.05, 0.1) is 0 Å². The first-order valence-corrected chi connectivity index (χ1v) is 12.4. The molecule has 0 heterocycles. The van der Waals surface area contributed by atoms with Crippen molar-refractivity contribution in [1.82, 2.24) is 10.9 Å². The van der Waals surface area contributed by atoms with E-state index in [4.69, 9.17) is 0 Å². The van der Waals surface area contributed by atoms with Crippen molar-refractivity contribution in [2.45, 2.75) is 118 Å². The molecule has 0 saturated carbocycles. The van der Waals surface area contributed by atoms with Crippen LogP contribution in [-0.2, 0) is 34.7 Å². The summed E-state index contributed by atoms with van der Waals surface area (Å²) in [6, 6.07) is 8.43. The van der Waals surface area contributed by atoms with Gasteiger partial charge >= 0.3 is 0 Å². The Morgan fingerprint density at radius 1 is 0.471 bits per heavy atom. The van der Waals surface area contributed by atoms with Crippen molar-refractivity contribution in [1.29, 1.82) is 0 Å². The van der Waals surface area contributed by atoms with Crippen LogP contribution in [0.4, 0.5) is 0 Å². The number of phenols is 2. The number of hydrogen-bond donors (Lipinski definition) is 4. The molecule has 0 spiro atoms. The Balaban J connectivity index is 2.26. The van der Waals surface area contributed by atoms with Gasteiger partial charge in [-0.2, -0.15) is 0 Å². The van der Waals surface area contributed by atoms with E-state index in [1.807, 2.05) is 0 Å². The van der Waals surface area contributed by atoms with Gasteiger partial charge in [0.15, 0.2) is 0 Å². The summed E-state index contributed by atoms with van der Waals surface area (Å²) in [5, 5.41) is 21.9. The predicted octanol–water partition coefficient (Wildman–Crippen LogP) is 7.08. The van der Waals surface area contributed by atoms with Crippen LogP contribution in [0.2, 0.25) is 0 Å². The molecule has 34 heavy (non-hydrogen) atoms. The first-order valence-electron chi connectivity index (χ1n) is 12.4. The van der Waals surface area contributed by atoms with Gasteiger partial charge in [-0.15, -0.1) is 0 Å². The molecule has 0 aliphatic carbocycles. The van der Waals surface area contributed by atoms with Gasteiger partial charge in [0, 0.05) is 13.1 Å². The Labute approximate surface area is 208 Å². The number of hydrogen-bond acceptors (Lipinski definition) is 4. The molecule has 190 valence electrons. The maximum absolute atomic E-state index is 11.0. The molecule has 0 bridgehead atoms. The van der Waals surface area contributed by atoms with Gasteiger partial charge in [0.25, 0.3) is 0 Å². The minimum Gasteiger partial charge on any atom is -0.507 e. The van der Waals surface area contributed by atoms with Gasteiger partial charge in [-0.25, -0.2) is 0 Å². The van der Waals surface area contributed by atoms with Crippen molar-refractivity contribution in [2.75, 3.05) is 0 Å². The number of aromatic hydroxyl groups is 2. The molecule has 0 aliphatic heterocycles. The molecule has 0 unspecified atom stereocenters. The van der Waals surface area contributed by atoms with Gasteiger partial charge in [-0.1, -0.05) is 107 Å². The molecule has 0 fully saturated rings. The summed E-state index contributed by atoms with van der Waals surface area (Å²) in [5.41, 5.74) is 12.3. The third-order valence-corrected chi connectivity index (χ3v) is 6.28. The second kappa shape index (κ2) is 9.54. The topological polar surface area (TPSA) is 64.5 Å². The number of phenolic OH excluding ortho intramolecular Hbond substituents is 2.